The van der Waals surface area contributed by atoms with E-state index in [0.717, 1.165) is 63.9 Å². The summed E-state index contributed by atoms with van der Waals surface area (Å²) < 4.78 is 48.1. The average Bonchev–Trinajstić information content (AvgIpc) is 3.66. The third-order valence-electron chi connectivity index (χ3n) is 6.65. The molecule has 0 spiro atoms. The molecule has 7 nitrogen and oxygen atoms in total. The summed E-state index contributed by atoms with van der Waals surface area (Å²) in [5.41, 5.74) is -0.434. The molecular formula is C23H31FN2O5S. The minimum atomic E-state index is -3.77. The minimum Gasteiger partial charge on any atom is -0.490 e. The number of carbonyl (C=O) groups excluding carboxylic acids is 2. The van der Waals surface area contributed by atoms with Gasteiger partial charge in [-0.25, -0.2) is 17.5 Å². The maximum Gasteiger partial charge on any atom is 0.241 e. The number of rotatable bonds is 12. The molecule has 9 heteroatoms. The van der Waals surface area contributed by atoms with Crippen LogP contribution in [0.4, 0.5) is 4.39 Å². The third-order valence-corrected chi connectivity index (χ3v) is 8.23. The normalized spacial score (nSPS) is 22.5. The van der Waals surface area contributed by atoms with Crippen molar-refractivity contribution in [1.29, 1.82) is 0 Å². The highest BCUT2D eigenvalue weighted by Gasteiger charge is 2.45. The van der Waals surface area contributed by atoms with E-state index >= 15 is 0 Å². The number of hydrogen-bond donors (Lipinski definition) is 2. The van der Waals surface area contributed by atoms with Crippen LogP contribution in [0.2, 0.25) is 0 Å². The number of nitrogens with one attached hydrogen (secondary N) is 2. The fourth-order valence-electron chi connectivity index (χ4n) is 4.20. The molecule has 1 aromatic rings. The molecule has 2 amide bonds. The van der Waals surface area contributed by atoms with Crippen molar-refractivity contribution in [2.75, 3.05) is 6.61 Å². The predicted octanol–water partition coefficient (Wildman–Crippen LogP) is 3.43. The molecule has 2 N–H and O–H groups in total. The van der Waals surface area contributed by atoms with Gasteiger partial charge < -0.3 is 4.74 Å². The SMILES string of the molecule is O=C1CCC(CCCCCC2(NS(=O)(=O)c3ccc(F)c(OCC4CC4)c3)CC2)C(=O)N1. The van der Waals surface area contributed by atoms with E-state index in [-0.39, 0.29) is 28.4 Å². The number of sulfonamides is 1. The molecule has 1 unspecified atom stereocenters. The second-order valence-corrected chi connectivity index (χ2v) is 11.2. The van der Waals surface area contributed by atoms with Crippen LogP contribution in [0.25, 0.3) is 0 Å². The average molecular weight is 467 g/mol. The van der Waals surface area contributed by atoms with E-state index in [0.29, 0.717) is 25.4 Å². The van der Waals surface area contributed by atoms with Gasteiger partial charge >= 0.3 is 0 Å². The minimum absolute atomic E-state index is 0.0157. The van der Waals surface area contributed by atoms with Gasteiger partial charge in [-0.3, -0.25) is 14.9 Å². The monoisotopic (exact) mass is 466 g/mol. The van der Waals surface area contributed by atoms with Crippen molar-refractivity contribution in [2.24, 2.45) is 11.8 Å². The van der Waals surface area contributed by atoms with Gasteiger partial charge in [-0.1, -0.05) is 19.3 Å². The van der Waals surface area contributed by atoms with E-state index in [1.165, 1.54) is 12.1 Å². The van der Waals surface area contributed by atoms with Crippen molar-refractivity contribution in [2.45, 2.75) is 81.1 Å². The number of benzene rings is 1. The van der Waals surface area contributed by atoms with Gasteiger partial charge in [0, 0.05) is 23.9 Å². The van der Waals surface area contributed by atoms with Gasteiger partial charge in [-0.05, 0) is 63.0 Å². The van der Waals surface area contributed by atoms with Gasteiger partial charge in [0.1, 0.15) is 0 Å². The predicted molar refractivity (Wildman–Crippen MR) is 116 cm³/mol. The molecule has 1 atom stereocenters. The van der Waals surface area contributed by atoms with Gasteiger partial charge in [-0.2, -0.15) is 0 Å². The summed E-state index contributed by atoms with van der Waals surface area (Å²) in [7, 11) is -3.77. The van der Waals surface area contributed by atoms with E-state index in [9.17, 15) is 22.4 Å². The van der Waals surface area contributed by atoms with Gasteiger partial charge in [-0.15, -0.1) is 0 Å². The van der Waals surface area contributed by atoms with Crippen molar-refractivity contribution in [3.8, 4) is 5.75 Å². The maximum atomic E-state index is 14.0. The molecule has 2 aliphatic carbocycles. The summed E-state index contributed by atoms with van der Waals surface area (Å²) in [6, 6.07) is 3.69. The van der Waals surface area contributed by atoms with Gasteiger partial charge in [0.05, 0.1) is 11.5 Å². The van der Waals surface area contributed by atoms with Crippen molar-refractivity contribution in [3.63, 3.8) is 0 Å². The lowest BCUT2D eigenvalue weighted by Crippen LogP contribution is -2.40. The van der Waals surface area contributed by atoms with E-state index in [4.69, 9.17) is 4.74 Å². The number of halogens is 1. The summed E-state index contributed by atoms with van der Waals surface area (Å²) in [5.74, 6) is -0.599. The van der Waals surface area contributed by atoms with Crippen LogP contribution in [-0.2, 0) is 19.6 Å². The number of carbonyl (C=O) groups is 2. The Labute approximate surface area is 188 Å². The molecule has 176 valence electrons. The lowest BCUT2D eigenvalue weighted by Gasteiger charge is -2.21. The Hall–Kier alpha value is -2.00. The molecule has 1 aromatic carbocycles. The van der Waals surface area contributed by atoms with Gasteiger partial charge in [0.25, 0.3) is 0 Å². The lowest BCUT2D eigenvalue weighted by atomic mass is 9.92. The molecule has 3 aliphatic rings. The van der Waals surface area contributed by atoms with Crippen LogP contribution in [0.5, 0.6) is 5.75 Å². The van der Waals surface area contributed by atoms with E-state index in [1.54, 1.807) is 0 Å². The standard InChI is InChI=1S/C23H31FN2O5S/c24-19-9-8-18(14-20(19)31-15-16-5-6-16)32(29,30)26-23(12-13-23)11-3-1-2-4-17-7-10-21(27)25-22(17)28/h8-9,14,16-17,26H,1-7,10-13,15H2,(H,25,27,28). The van der Waals surface area contributed by atoms with Crippen LogP contribution in [0, 0.1) is 17.7 Å². The molecule has 1 aliphatic heterocycles. The molecule has 1 saturated heterocycles. The fourth-order valence-corrected chi connectivity index (χ4v) is 5.70. The number of ether oxygens (including phenoxy) is 1. The Balaban J connectivity index is 1.24. The summed E-state index contributed by atoms with van der Waals surface area (Å²) in [6.07, 6.45) is 8.81. The summed E-state index contributed by atoms with van der Waals surface area (Å²) >= 11 is 0. The largest absolute Gasteiger partial charge is 0.490 e. The Morgan fingerprint density at radius 3 is 2.59 bits per heavy atom. The zero-order chi connectivity index (χ0) is 22.8. The first-order valence-corrected chi connectivity index (χ1v) is 13.0. The lowest BCUT2D eigenvalue weighted by molar-refractivity contribution is -0.136. The Morgan fingerprint density at radius 1 is 1.12 bits per heavy atom. The summed E-state index contributed by atoms with van der Waals surface area (Å²) in [4.78, 5) is 23.0. The first kappa shape index (κ1) is 23.2. The Bertz CT molecular complexity index is 973. The highest BCUT2D eigenvalue weighted by molar-refractivity contribution is 7.89. The molecule has 0 radical (unpaired) electrons. The van der Waals surface area contributed by atoms with Gasteiger partial charge in [0.2, 0.25) is 21.8 Å². The third kappa shape index (κ3) is 6.07. The van der Waals surface area contributed by atoms with Gasteiger partial charge in [0.15, 0.2) is 11.6 Å². The fraction of sp³-hybridized carbons (Fsp3) is 0.652. The summed E-state index contributed by atoms with van der Waals surface area (Å²) in [6.45, 7) is 0.413. The van der Waals surface area contributed by atoms with Crippen LogP contribution in [0.3, 0.4) is 0 Å². The number of piperidine rings is 1. The smallest absolute Gasteiger partial charge is 0.241 e. The second kappa shape index (κ2) is 9.47. The molecule has 3 fully saturated rings. The van der Waals surface area contributed by atoms with Crippen molar-refractivity contribution in [1.82, 2.24) is 10.0 Å². The maximum absolute atomic E-state index is 14.0. The zero-order valence-corrected chi connectivity index (χ0v) is 19.0. The molecule has 32 heavy (non-hydrogen) atoms. The topological polar surface area (TPSA) is 102 Å². The van der Waals surface area contributed by atoms with Crippen molar-refractivity contribution < 1.29 is 27.1 Å². The van der Waals surface area contributed by atoms with Crippen molar-refractivity contribution in [3.05, 3.63) is 24.0 Å². The first-order chi connectivity index (χ1) is 15.3. The Morgan fingerprint density at radius 2 is 1.91 bits per heavy atom. The molecule has 4 rings (SSSR count). The van der Waals surface area contributed by atoms with Crippen molar-refractivity contribution >= 4 is 21.8 Å². The highest BCUT2D eigenvalue weighted by Crippen LogP contribution is 2.42. The van der Waals surface area contributed by atoms with Crippen LogP contribution in [0.1, 0.15) is 70.6 Å². The number of imide groups is 1. The van der Waals surface area contributed by atoms with E-state index < -0.39 is 21.4 Å². The first-order valence-electron chi connectivity index (χ1n) is 11.6. The molecule has 1 heterocycles. The van der Waals surface area contributed by atoms with Crippen LogP contribution in [0.15, 0.2) is 23.1 Å². The summed E-state index contributed by atoms with van der Waals surface area (Å²) in [5, 5.41) is 2.38. The quantitative estimate of drug-likeness (QED) is 0.363. The van der Waals surface area contributed by atoms with E-state index in [2.05, 4.69) is 10.0 Å². The van der Waals surface area contributed by atoms with Crippen LogP contribution >= 0.6 is 0 Å². The molecule has 0 aromatic heterocycles. The molecule has 2 saturated carbocycles. The number of amides is 2. The van der Waals surface area contributed by atoms with Crippen LogP contribution in [-0.4, -0.2) is 32.4 Å². The van der Waals surface area contributed by atoms with E-state index in [1.807, 2.05) is 0 Å². The molecule has 0 bridgehead atoms. The zero-order valence-electron chi connectivity index (χ0n) is 18.2. The molecular weight excluding hydrogens is 435 g/mol. The highest BCUT2D eigenvalue weighted by atomic mass is 32.2. The van der Waals surface area contributed by atoms with Crippen LogP contribution < -0.4 is 14.8 Å². The number of hydrogen-bond acceptors (Lipinski definition) is 5. The second-order valence-electron chi connectivity index (χ2n) is 9.48. The Kier molecular flexibility index (Phi) is 6.86. The number of unbranched alkanes of at least 4 members (excludes halogenated alkanes) is 2.